The molecule has 0 saturated heterocycles. The lowest BCUT2D eigenvalue weighted by atomic mass is 10.0. The molecule has 0 saturated carbocycles. The molecule has 3 N–H and O–H groups in total. The number of hydrogen-bond donors (Lipinski definition) is 3. The number of nitrogens with zero attached hydrogens (tertiary/aromatic N) is 2. The Kier molecular flexibility index (Phi) is 13.3. The van der Waals surface area contributed by atoms with Gasteiger partial charge in [-0.05, 0) is 89.4 Å². The van der Waals surface area contributed by atoms with Gasteiger partial charge >= 0.3 is 6.03 Å². The zero-order valence-electron chi connectivity index (χ0n) is 27.0. The fourth-order valence-corrected chi connectivity index (χ4v) is 6.16. The smallest absolute Gasteiger partial charge is 0.317 e. The van der Waals surface area contributed by atoms with Crippen molar-refractivity contribution in [1.82, 2.24) is 15.1 Å². The van der Waals surface area contributed by atoms with Crippen molar-refractivity contribution in [3.63, 3.8) is 0 Å². The van der Waals surface area contributed by atoms with Gasteiger partial charge in [0, 0.05) is 49.4 Å². The largest absolute Gasteiger partial charge is 0.490 e. The zero-order valence-corrected chi connectivity index (χ0v) is 28.5. The van der Waals surface area contributed by atoms with Crippen LogP contribution in [0.5, 0.6) is 5.75 Å². The highest BCUT2D eigenvalue weighted by Crippen LogP contribution is 2.29. The van der Waals surface area contributed by atoms with Crippen LogP contribution in [-0.2, 0) is 14.8 Å². The third kappa shape index (κ3) is 10.5. The molecular formula is C32H47ClN4O7S. The van der Waals surface area contributed by atoms with Crippen LogP contribution in [0.2, 0.25) is 5.02 Å². The molecule has 11 nitrogen and oxygen atoms in total. The molecule has 45 heavy (non-hydrogen) atoms. The monoisotopic (exact) mass is 666 g/mol. The third-order valence-electron chi connectivity index (χ3n) is 7.64. The van der Waals surface area contributed by atoms with Crippen molar-refractivity contribution in [2.24, 2.45) is 5.92 Å². The van der Waals surface area contributed by atoms with E-state index in [2.05, 4.69) is 10.0 Å². The molecular weight excluding hydrogens is 620 g/mol. The average molecular weight is 667 g/mol. The van der Waals surface area contributed by atoms with Gasteiger partial charge in [0.2, 0.25) is 0 Å². The number of aliphatic hydroxyl groups excluding tert-OH is 1. The van der Waals surface area contributed by atoms with Gasteiger partial charge in [0.15, 0.2) is 0 Å². The lowest BCUT2D eigenvalue weighted by Crippen LogP contribution is -2.49. The molecule has 4 atom stereocenters. The molecule has 0 aliphatic carbocycles. The first kappa shape index (κ1) is 36.4. The van der Waals surface area contributed by atoms with Crippen LogP contribution in [0, 0.1) is 5.92 Å². The number of fused-ring (bicyclic) bond motifs is 1. The molecule has 250 valence electrons. The van der Waals surface area contributed by atoms with Gasteiger partial charge in [-0.3, -0.25) is 9.52 Å². The molecule has 3 rings (SSSR count). The fourth-order valence-electron chi connectivity index (χ4n) is 4.99. The number of carbonyl (C=O) groups is 2. The lowest BCUT2D eigenvalue weighted by molar-refractivity contribution is -0.0122. The van der Waals surface area contributed by atoms with E-state index in [9.17, 15) is 23.1 Å². The Balaban J connectivity index is 1.98. The second kappa shape index (κ2) is 16.5. The first-order valence-electron chi connectivity index (χ1n) is 15.4. The van der Waals surface area contributed by atoms with Crippen molar-refractivity contribution in [3.05, 3.63) is 53.1 Å². The number of aliphatic hydroxyl groups is 1. The average Bonchev–Trinajstić information content (AvgIpc) is 2.98. The van der Waals surface area contributed by atoms with Crippen molar-refractivity contribution in [2.45, 2.75) is 83.1 Å². The van der Waals surface area contributed by atoms with Crippen LogP contribution in [0.25, 0.3) is 0 Å². The number of rotatable bonds is 8. The number of halogens is 1. The van der Waals surface area contributed by atoms with Crippen molar-refractivity contribution in [1.29, 1.82) is 0 Å². The summed E-state index contributed by atoms with van der Waals surface area (Å²) in [7, 11) is -2.27. The molecule has 1 aliphatic heterocycles. The van der Waals surface area contributed by atoms with Crippen molar-refractivity contribution < 1.29 is 32.6 Å². The van der Waals surface area contributed by atoms with E-state index >= 15 is 0 Å². The summed E-state index contributed by atoms with van der Waals surface area (Å²) in [6, 6.07) is 9.56. The van der Waals surface area contributed by atoms with Crippen molar-refractivity contribution in [2.75, 3.05) is 38.1 Å². The number of anilines is 1. The summed E-state index contributed by atoms with van der Waals surface area (Å²) in [5, 5.41) is 13.4. The van der Waals surface area contributed by atoms with E-state index in [-0.39, 0.29) is 59.5 Å². The number of urea groups is 1. The molecule has 0 spiro atoms. The highest BCUT2D eigenvalue weighted by Gasteiger charge is 2.31. The van der Waals surface area contributed by atoms with Crippen LogP contribution in [0.15, 0.2) is 47.4 Å². The first-order valence-corrected chi connectivity index (χ1v) is 17.2. The number of carbonyl (C=O) groups excluding carboxylic acids is 2. The molecule has 3 amide bonds. The van der Waals surface area contributed by atoms with Gasteiger partial charge in [-0.1, -0.05) is 18.5 Å². The van der Waals surface area contributed by atoms with Gasteiger partial charge < -0.3 is 29.7 Å². The quantitative estimate of drug-likeness (QED) is 0.361. The van der Waals surface area contributed by atoms with Gasteiger partial charge in [0.1, 0.15) is 5.75 Å². The Labute approximate surface area is 272 Å². The molecule has 1 heterocycles. The summed E-state index contributed by atoms with van der Waals surface area (Å²) in [5.74, 6) is -0.338. The second-order valence-electron chi connectivity index (χ2n) is 12.1. The summed E-state index contributed by atoms with van der Waals surface area (Å²) in [5.41, 5.74) is 0.340. The maximum Gasteiger partial charge on any atom is 0.317 e. The van der Waals surface area contributed by atoms with Crippen LogP contribution in [-0.4, -0.2) is 92.9 Å². The molecule has 2 aromatic rings. The van der Waals surface area contributed by atoms with Gasteiger partial charge in [-0.15, -0.1) is 0 Å². The second-order valence-corrected chi connectivity index (χ2v) is 14.2. The molecule has 1 aliphatic rings. The Hall–Kier alpha value is -3.06. The first-order chi connectivity index (χ1) is 21.2. The summed E-state index contributed by atoms with van der Waals surface area (Å²) in [6.45, 7) is 10.1. The van der Waals surface area contributed by atoms with Crippen LogP contribution in [0.4, 0.5) is 10.5 Å². The summed E-state index contributed by atoms with van der Waals surface area (Å²) in [6.07, 6.45) is 1.69. The van der Waals surface area contributed by atoms with Crippen LogP contribution in [0.3, 0.4) is 0 Å². The van der Waals surface area contributed by atoms with Gasteiger partial charge in [0.05, 0.1) is 35.3 Å². The molecule has 0 aromatic heterocycles. The van der Waals surface area contributed by atoms with Gasteiger partial charge in [-0.2, -0.15) is 0 Å². The molecule has 13 heteroatoms. The van der Waals surface area contributed by atoms with E-state index in [1.807, 2.05) is 27.7 Å². The summed E-state index contributed by atoms with van der Waals surface area (Å²) in [4.78, 5) is 30.1. The highest BCUT2D eigenvalue weighted by atomic mass is 35.5. The minimum atomic E-state index is -3.98. The standard InChI is InChI=1S/C32H47ClN4O7S/c1-21(2)34-32(40)36(6)19-30-22(3)18-37(23(4)20-38)31(39)28-17-26(35-45(41,42)27-13-10-25(33)11-14-27)12-15-29(28)44-24(5)9-7-8-16-43-30/h10-15,17,21-24,30,35,38H,7-9,16,18-20H2,1-6H3,(H,34,40)/t22-,23-,24-,30+/m0/s1. The maximum atomic E-state index is 14.3. The fraction of sp³-hybridized carbons (Fsp3) is 0.562. The number of ether oxygens (including phenoxy) is 2. The molecule has 0 radical (unpaired) electrons. The third-order valence-corrected chi connectivity index (χ3v) is 9.29. The number of likely N-dealkylation sites (N-methyl/N-ethyl adjacent to an activating group) is 1. The van der Waals surface area contributed by atoms with Crippen LogP contribution >= 0.6 is 11.6 Å². The number of nitrogens with one attached hydrogen (secondary N) is 2. The Morgan fingerprint density at radius 1 is 1.13 bits per heavy atom. The van der Waals surface area contributed by atoms with E-state index in [0.717, 1.165) is 12.8 Å². The van der Waals surface area contributed by atoms with E-state index in [1.165, 1.54) is 30.3 Å². The Morgan fingerprint density at radius 3 is 2.47 bits per heavy atom. The predicted molar refractivity (Wildman–Crippen MR) is 175 cm³/mol. The van der Waals surface area contributed by atoms with Crippen molar-refractivity contribution >= 4 is 39.2 Å². The molecule has 0 unspecified atom stereocenters. The normalized spacial score (nSPS) is 20.9. The highest BCUT2D eigenvalue weighted by molar-refractivity contribution is 7.92. The Morgan fingerprint density at radius 2 is 1.82 bits per heavy atom. The van der Waals surface area contributed by atoms with Gasteiger partial charge in [-0.25, -0.2) is 13.2 Å². The van der Waals surface area contributed by atoms with Crippen LogP contribution < -0.4 is 14.8 Å². The molecule has 2 aromatic carbocycles. The van der Waals surface area contributed by atoms with E-state index in [0.29, 0.717) is 30.3 Å². The predicted octanol–water partition coefficient (Wildman–Crippen LogP) is 4.99. The SMILES string of the molecule is CC(C)NC(=O)N(C)C[C@H]1OCCCC[C@H](C)Oc2ccc(NS(=O)(=O)c3ccc(Cl)cc3)cc2C(=O)N([C@@H](C)CO)C[C@@H]1C. The van der Waals surface area contributed by atoms with Crippen LogP contribution in [0.1, 0.15) is 64.2 Å². The minimum Gasteiger partial charge on any atom is -0.490 e. The minimum absolute atomic E-state index is 0.0191. The topological polar surface area (TPSA) is 138 Å². The van der Waals surface area contributed by atoms with E-state index in [1.54, 1.807) is 35.9 Å². The molecule has 0 bridgehead atoms. The number of hydrogen-bond acceptors (Lipinski definition) is 7. The summed E-state index contributed by atoms with van der Waals surface area (Å²) < 4.78 is 41.3. The van der Waals surface area contributed by atoms with E-state index in [4.69, 9.17) is 21.1 Å². The maximum absolute atomic E-state index is 14.3. The van der Waals surface area contributed by atoms with Crippen molar-refractivity contribution in [3.8, 4) is 5.75 Å². The van der Waals surface area contributed by atoms with E-state index < -0.39 is 22.0 Å². The molecule has 0 fully saturated rings. The number of sulfonamides is 1. The van der Waals surface area contributed by atoms with Gasteiger partial charge in [0.25, 0.3) is 15.9 Å². The number of benzene rings is 2. The lowest BCUT2D eigenvalue weighted by Gasteiger charge is -2.36. The number of amides is 3. The Bertz CT molecular complexity index is 1390. The summed E-state index contributed by atoms with van der Waals surface area (Å²) >= 11 is 5.93. The zero-order chi connectivity index (χ0) is 33.3.